The predicted molar refractivity (Wildman–Crippen MR) is 80.0 cm³/mol. The molecule has 0 spiro atoms. The minimum absolute atomic E-state index is 0.193. The van der Waals surface area contributed by atoms with E-state index in [2.05, 4.69) is 0 Å². The fourth-order valence-electron chi connectivity index (χ4n) is 1.78. The number of carbonyl (C=O) groups is 1. The highest BCUT2D eigenvalue weighted by Crippen LogP contribution is 2.15. The molecule has 2 nitrogen and oxygen atoms in total. The second kappa shape index (κ2) is 10.2. The Bertz CT molecular complexity index is 327. The molecule has 0 fully saturated rings. The van der Waals surface area contributed by atoms with Gasteiger partial charge in [0.05, 0.1) is 0 Å². The van der Waals surface area contributed by atoms with Crippen LogP contribution in [0.2, 0.25) is 0 Å². The summed E-state index contributed by atoms with van der Waals surface area (Å²) in [5.74, 6) is 0.935. The molecule has 0 aromatic heterocycles. The molecule has 0 amide bonds. The third-order valence-electron chi connectivity index (χ3n) is 2.84. The average molecular weight is 265 g/mol. The lowest BCUT2D eigenvalue weighted by molar-refractivity contribution is 0.108. The summed E-state index contributed by atoms with van der Waals surface area (Å²) in [6, 6.07) is 9.50. The molecule has 1 aromatic rings. The summed E-state index contributed by atoms with van der Waals surface area (Å²) in [5.41, 5.74) is 6.25. The molecule has 0 bridgehead atoms. The first-order valence-electron chi connectivity index (χ1n) is 6.77. The molecule has 1 aromatic carbocycles. The van der Waals surface area contributed by atoms with Crippen molar-refractivity contribution >= 4 is 16.9 Å². The van der Waals surface area contributed by atoms with E-state index in [4.69, 9.17) is 5.73 Å². The number of hydrogen-bond acceptors (Lipinski definition) is 3. The van der Waals surface area contributed by atoms with Crippen LogP contribution < -0.4 is 5.73 Å². The standard InChI is InChI=1S/C15H23NOS/c16-12-8-3-1-2-4-9-13-18-15(17)14-10-6-5-7-11-14/h5-7,10-11H,1-4,8-9,12-13,16H2. The van der Waals surface area contributed by atoms with Crippen LogP contribution in [0.15, 0.2) is 30.3 Å². The van der Waals surface area contributed by atoms with Gasteiger partial charge in [-0.2, -0.15) is 0 Å². The van der Waals surface area contributed by atoms with Gasteiger partial charge in [0.1, 0.15) is 0 Å². The van der Waals surface area contributed by atoms with Gasteiger partial charge in [-0.1, -0.05) is 67.8 Å². The average Bonchev–Trinajstić information content (AvgIpc) is 2.42. The van der Waals surface area contributed by atoms with Gasteiger partial charge in [0.2, 0.25) is 5.12 Å². The van der Waals surface area contributed by atoms with Crippen molar-refractivity contribution in [2.45, 2.75) is 38.5 Å². The Kier molecular flexibility index (Phi) is 8.61. The lowest BCUT2D eigenvalue weighted by Crippen LogP contribution is -1.97. The molecule has 0 aliphatic heterocycles. The fraction of sp³-hybridized carbons (Fsp3) is 0.533. The number of hydrogen-bond donors (Lipinski definition) is 1. The van der Waals surface area contributed by atoms with Crippen LogP contribution in [0, 0.1) is 0 Å². The van der Waals surface area contributed by atoms with E-state index >= 15 is 0 Å². The maximum Gasteiger partial charge on any atom is 0.219 e. The van der Waals surface area contributed by atoms with Gasteiger partial charge in [0, 0.05) is 11.3 Å². The highest BCUT2D eigenvalue weighted by atomic mass is 32.2. The molecule has 18 heavy (non-hydrogen) atoms. The molecular formula is C15H23NOS. The van der Waals surface area contributed by atoms with Gasteiger partial charge in [-0.25, -0.2) is 0 Å². The zero-order chi connectivity index (χ0) is 13.1. The summed E-state index contributed by atoms with van der Waals surface area (Å²) in [7, 11) is 0. The first-order valence-corrected chi connectivity index (χ1v) is 7.75. The van der Waals surface area contributed by atoms with Crippen LogP contribution in [-0.2, 0) is 0 Å². The van der Waals surface area contributed by atoms with E-state index in [1.807, 2.05) is 30.3 Å². The van der Waals surface area contributed by atoms with Crippen molar-refractivity contribution in [3.8, 4) is 0 Å². The first kappa shape index (κ1) is 15.3. The molecule has 2 N–H and O–H groups in total. The Morgan fingerprint density at radius 2 is 1.56 bits per heavy atom. The molecule has 100 valence electrons. The van der Waals surface area contributed by atoms with Crippen molar-refractivity contribution in [2.24, 2.45) is 5.73 Å². The Morgan fingerprint density at radius 3 is 2.22 bits per heavy atom. The predicted octanol–water partition coefficient (Wildman–Crippen LogP) is 3.86. The molecule has 0 atom stereocenters. The number of carbonyl (C=O) groups excluding carboxylic acids is 1. The number of thioether (sulfide) groups is 1. The molecule has 0 aliphatic rings. The van der Waals surface area contributed by atoms with Gasteiger partial charge in [-0.05, 0) is 19.4 Å². The van der Waals surface area contributed by atoms with Crippen LogP contribution in [0.3, 0.4) is 0 Å². The third kappa shape index (κ3) is 6.82. The summed E-state index contributed by atoms with van der Waals surface area (Å²) in [6.45, 7) is 0.807. The Morgan fingerprint density at radius 1 is 0.944 bits per heavy atom. The molecule has 1 rings (SSSR count). The number of rotatable bonds is 9. The van der Waals surface area contributed by atoms with Gasteiger partial charge in [0.25, 0.3) is 0 Å². The monoisotopic (exact) mass is 265 g/mol. The summed E-state index contributed by atoms with van der Waals surface area (Å²) >= 11 is 1.44. The molecule has 0 heterocycles. The van der Waals surface area contributed by atoms with Gasteiger partial charge >= 0.3 is 0 Å². The van der Waals surface area contributed by atoms with Gasteiger partial charge < -0.3 is 5.73 Å². The van der Waals surface area contributed by atoms with Gasteiger partial charge in [-0.3, -0.25) is 4.79 Å². The number of unbranched alkanes of at least 4 members (excludes halogenated alkanes) is 5. The SMILES string of the molecule is NCCCCCCCCSC(=O)c1ccccc1. The molecular weight excluding hydrogens is 242 g/mol. The van der Waals surface area contributed by atoms with Crippen LogP contribution in [0.1, 0.15) is 48.9 Å². The van der Waals surface area contributed by atoms with Crippen LogP contribution in [0.5, 0.6) is 0 Å². The van der Waals surface area contributed by atoms with Crippen molar-refractivity contribution < 1.29 is 4.79 Å². The summed E-state index contributed by atoms with van der Waals surface area (Å²) in [6.07, 6.45) is 7.27. The largest absolute Gasteiger partial charge is 0.330 e. The zero-order valence-electron chi connectivity index (χ0n) is 10.9. The maximum atomic E-state index is 11.8. The van der Waals surface area contributed by atoms with Crippen LogP contribution in [0.4, 0.5) is 0 Å². The van der Waals surface area contributed by atoms with Gasteiger partial charge in [-0.15, -0.1) is 0 Å². The van der Waals surface area contributed by atoms with Crippen molar-refractivity contribution in [1.82, 2.24) is 0 Å². The molecule has 0 radical (unpaired) electrons. The van der Waals surface area contributed by atoms with E-state index in [1.54, 1.807) is 0 Å². The highest BCUT2D eigenvalue weighted by molar-refractivity contribution is 8.14. The molecule has 0 unspecified atom stereocenters. The van der Waals surface area contributed by atoms with Crippen molar-refractivity contribution in [1.29, 1.82) is 0 Å². The molecule has 0 aliphatic carbocycles. The van der Waals surface area contributed by atoms with Crippen LogP contribution in [-0.4, -0.2) is 17.4 Å². The summed E-state index contributed by atoms with van der Waals surface area (Å²) in [5, 5.41) is 0.193. The fourth-order valence-corrected chi connectivity index (χ4v) is 2.61. The second-order valence-corrected chi connectivity index (χ2v) is 5.48. The molecule has 0 saturated carbocycles. The minimum Gasteiger partial charge on any atom is -0.330 e. The number of benzene rings is 1. The van der Waals surface area contributed by atoms with E-state index in [0.717, 1.165) is 30.7 Å². The van der Waals surface area contributed by atoms with Crippen LogP contribution >= 0.6 is 11.8 Å². The molecule has 0 saturated heterocycles. The minimum atomic E-state index is 0.193. The lowest BCUT2D eigenvalue weighted by atomic mass is 10.1. The second-order valence-electron chi connectivity index (χ2n) is 4.41. The Hall–Kier alpha value is -0.800. The first-order chi connectivity index (χ1) is 8.84. The van der Waals surface area contributed by atoms with E-state index in [-0.39, 0.29) is 5.12 Å². The smallest absolute Gasteiger partial charge is 0.219 e. The number of nitrogens with two attached hydrogens (primary N) is 1. The van der Waals surface area contributed by atoms with Crippen LogP contribution in [0.25, 0.3) is 0 Å². The highest BCUT2D eigenvalue weighted by Gasteiger charge is 2.04. The van der Waals surface area contributed by atoms with E-state index in [1.165, 1.54) is 37.4 Å². The maximum absolute atomic E-state index is 11.8. The van der Waals surface area contributed by atoms with Gasteiger partial charge in [0.15, 0.2) is 0 Å². The summed E-state index contributed by atoms with van der Waals surface area (Å²) < 4.78 is 0. The van der Waals surface area contributed by atoms with Crippen molar-refractivity contribution in [2.75, 3.05) is 12.3 Å². The van der Waals surface area contributed by atoms with Crippen molar-refractivity contribution in [3.05, 3.63) is 35.9 Å². The Balaban J connectivity index is 2.00. The quantitative estimate of drug-likeness (QED) is 0.689. The van der Waals surface area contributed by atoms with E-state index < -0.39 is 0 Å². The summed E-state index contributed by atoms with van der Waals surface area (Å²) in [4.78, 5) is 11.8. The van der Waals surface area contributed by atoms with E-state index in [0.29, 0.717) is 0 Å². The molecule has 3 heteroatoms. The normalized spacial score (nSPS) is 10.5. The topological polar surface area (TPSA) is 43.1 Å². The third-order valence-corrected chi connectivity index (χ3v) is 3.83. The Labute approximate surface area is 114 Å². The zero-order valence-corrected chi connectivity index (χ0v) is 11.8. The van der Waals surface area contributed by atoms with Crippen molar-refractivity contribution in [3.63, 3.8) is 0 Å². The lowest BCUT2D eigenvalue weighted by Gasteiger charge is -2.02. The van der Waals surface area contributed by atoms with E-state index in [9.17, 15) is 4.79 Å².